The molecule has 0 aliphatic heterocycles. The van der Waals surface area contributed by atoms with Gasteiger partial charge in [-0.2, -0.15) is 5.12 Å². The number of carbonyl (C=O) groups excluding carboxylic acids is 5. The van der Waals surface area contributed by atoms with Crippen molar-refractivity contribution in [1.82, 2.24) is 16.0 Å². The summed E-state index contributed by atoms with van der Waals surface area (Å²) in [5.74, 6) is -2.97. The third-order valence-corrected chi connectivity index (χ3v) is 4.75. The Bertz CT molecular complexity index is 1090. The third kappa shape index (κ3) is 7.04. The van der Waals surface area contributed by atoms with Crippen LogP contribution in [0.2, 0.25) is 5.02 Å². The molecule has 10 nitrogen and oxygen atoms in total. The molecule has 0 radical (unpaired) electrons. The second-order valence-electron chi connectivity index (χ2n) is 7.16. The number of nitrogens with zero attached hydrogens (tertiary/aromatic N) is 1. The number of carbonyl (C=O) groups is 5. The highest BCUT2D eigenvalue weighted by atomic mass is 35.5. The summed E-state index contributed by atoms with van der Waals surface area (Å²) in [5.41, 5.74) is 4.80. The van der Waals surface area contributed by atoms with Gasteiger partial charge in [-0.3, -0.25) is 24.0 Å². The highest BCUT2D eigenvalue weighted by molar-refractivity contribution is 6.35. The first-order valence-corrected chi connectivity index (χ1v) is 11.0. The Hall–Kier alpha value is -3.92. The maximum absolute atomic E-state index is 13.5. The molecule has 0 bridgehead atoms. The van der Waals surface area contributed by atoms with Gasteiger partial charge in [0.15, 0.2) is 0 Å². The molecular weight excluding hydrogens is 462 g/mol. The Morgan fingerprint density at radius 3 is 2.12 bits per heavy atom. The van der Waals surface area contributed by atoms with E-state index in [9.17, 15) is 24.0 Å². The van der Waals surface area contributed by atoms with Gasteiger partial charge in [-0.15, -0.1) is 0 Å². The predicted molar refractivity (Wildman–Crippen MR) is 128 cm³/mol. The molecule has 0 aliphatic carbocycles. The molecule has 0 unspecified atom stereocenters. The number of hydrogen-bond acceptors (Lipinski definition) is 5. The molecule has 0 fully saturated rings. The molecule has 2 rings (SSSR count). The topological polar surface area (TPSA) is 137 Å². The lowest BCUT2D eigenvalue weighted by Gasteiger charge is -2.25. The molecule has 0 spiro atoms. The van der Waals surface area contributed by atoms with Crippen molar-refractivity contribution in [3.63, 3.8) is 0 Å². The summed E-state index contributed by atoms with van der Waals surface area (Å²) in [6.07, 6.45) is 0.690. The Balaban J connectivity index is 2.52. The highest BCUT2D eigenvalue weighted by Crippen LogP contribution is 2.34. The fourth-order valence-electron chi connectivity index (χ4n) is 2.82. The van der Waals surface area contributed by atoms with Crippen LogP contribution in [0.5, 0.6) is 0 Å². The molecule has 0 saturated heterocycles. The summed E-state index contributed by atoms with van der Waals surface area (Å²) in [6, 6.07) is 10.8. The summed E-state index contributed by atoms with van der Waals surface area (Å²) in [7, 11) is 0. The third-order valence-electron chi connectivity index (χ3n) is 4.44. The van der Waals surface area contributed by atoms with Crippen LogP contribution >= 0.6 is 11.6 Å². The van der Waals surface area contributed by atoms with Crippen molar-refractivity contribution in [2.75, 3.05) is 10.6 Å². The van der Waals surface area contributed by atoms with E-state index in [1.54, 1.807) is 32.0 Å². The number of halogens is 1. The first-order valence-electron chi connectivity index (χ1n) is 10.6. The molecule has 5 amide bonds. The predicted octanol–water partition coefficient (Wildman–Crippen LogP) is 3.27. The van der Waals surface area contributed by atoms with Crippen molar-refractivity contribution >= 4 is 52.5 Å². The van der Waals surface area contributed by atoms with Crippen LogP contribution < -0.4 is 21.5 Å². The molecule has 0 aromatic heterocycles. The monoisotopic (exact) mass is 487 g/mol. The summed E-state index contributed by atoms with van der Waals surface area (Å²) in [4.78, 5) is 62.3. The van der Waals surface area contributed by atoms with Crippen LogP contribution in [-0.2, 0) is 14.4 Å². The smallest absolute Gasteiger partial charge is 0.294 e. The molecule has 0 heterocycles. The van der Waals surface area contributed by atoms with E-state index in [1.165, 1.54) is 31.2 Å². The van der Waals surface area contributed by atoms with Crippen LogP contribution in [0.1, 0.15) is 60.7 Å². The average molecular weight is 488 g/mol. The van der Waals surface area contributed by atoms with Gasteiger partial charge in [-0.05, 0) is 30.7 Å². The van der Waals surface area contributed by atoms with Gasteiger partial charge in [0.25, 0.3) is 11.8 Å². The second-order valence-corrected chi connectivity index (χ2v) is 7.57. The van der Waals surface area contributed by atoms with E-state index >= 15 is 0 Å². The summed E-state index contributed by atoms with van der Waals surface area (Å²) < 4.78 is 0. The average Bonchev–Trinajstić information content (AvgIpc) is 2.81. The number of hydrogen-bond donors (Lipinski definition) is 4. The van der Waals surface area contributed by atoms with Crippen LogP contribution in [0.3, 0.4) is 0 Å². The quantitative estimate of drug-likeness (QED) is 0.444. The van der Waals surface area contributed by atoms with Crippen LogP contribution in [0.15, 0.2) is 42.5 Å². The molecule has 2 aromatic carbocycles. The maximum atomic E-state index is 13.5. The molecule has 34 heavy (non-hydrogen) atoms. The van der Waals surface area contributed by atoms with Crippen LogP contribution in [0.4, 0.5) is 11.4 Å². The SMILES string of the molecule is CCCC(=O)NN(NC(=O)c1ccccc1)C(=O)c1ccc(Cl)c(NC(C)=O)c1NC(=O)CC. The minimum Gasteiger partial charge on any atom is -0.324 e. The number of amides is 5. The second kappa shape index (κ2) is 12.4. The lowest BCUT2D eigenvalue weighted by atomic mass is 10.1. The molecule has 0 atom stereocenters. The number of nitrogens with one attached hydrogen (secondary N) is 4. The van der Waals surface area contributed by atoms with Crippen LogP contribution in [0.25, 0.3) is 0 Å². The van der Waals surface area contributed by atoms with Crippen molar-refractivity contribution in [3.8, 4) is 0 Å². The highest BCUT2D eigenvalue weighted by Gasteiger charge is 2.27. The van der Waals surface area contributed by atoms with Gasteiger partial charge in [0.2, 0.25) is 17.7 Å². The summed E-state index contributed by atoms with van der Waals surface area (Å²) in [6.45, 7) is 4.63. The molecule has 180 valence electrons. The summed E-state index contributed by atoms with van der Waals surface area (Å²) >= 11 is 6.22. The first kappa shape index (κ1) is 26.3. The molecule has 4 N–H and O–H groups in total. The maximum Gasteiger partial charge on any atom is 0.294 e. The zero-order valence-electron chi connectivity index (χ0n) is 19.0. The fourth-order valence-corrected chi connectivity index (χ4v) is 3.03. The Morgan fingerprint density at radius 2 is 1.53 bits per heavy atom. The van der Waals surface area contributed by atoms with Crippen molar-refractivity contribution < 1.29 is 24.0 Å². The van der Waals surface area contributed by atoms with Gasteiger partial charge in [-0.25, -0.2) is 10.9 Å². The lowest BCUT2D eigenvalue weighted by Crippen LogP contribution is -2.56. The van der Waals surface area contributed by atoms with E-state index < -0.39 is 29.5 Å². The van der Waals surface area contributed by atoms with Gasteiger partial charge >= 0.3 is 0 Å². The number of hydrazine groups is 2. The molecule has 2 aromatic rings. The van der Waals surface area contributed by atoms with E-state index in [0.717, 1.165) is 0 Å². The van der Waals surface area contributed by atoms with E-state index in [0.29, 0.717) is 11.5 Å². The number of rotatable bonds is 7. The van der Waals surface area contributed by atoms with Gasteiger partial charge in [0, 0.05) is 25.3 Å². The van der Waals surface area contributed by atoms with Gasteiger partial charge in [-0.1, -0.05) is 43.6 Å². The van der Waals surface area contributed by atoms with E-state index in [1.807, 2.05) is 0 Å². The minimum atomic E-state index is -0.872. The van der Waals surface area contributed by atoms with Gasteiger partial charge < -0.3 is 10.6 Å². The van der Waals surface area contributed by atoms with Crippen molar-refractivity contribution in [2.24, 2.45) is 0 Å². The Morgan fingerprint density at radius 1 is 0.853 bits per heavy atom. The fraction of sp³-hybridized carbons (Fsp3) is 0.261. The molecule has 0 aliphatic rings. The first-order chi connectivity index (χ1) is 16.2. The Kier molecular flexibility index (Phi) is 9.57. The largest absolute Gasteiger partial charge is 0.324 e. The van der Waals surface area contributed by atoms with Gasteiger partial charge in [0.1, 0.15) is 0 Å². The van der Waals surface area contributed by atoms with Crippen LogP contribution in [0, 0.1) is 0 Å². The molecular formula is C23H26ClN5O5. The van der Waals surface area contributed by atoms with Crippen molar-refractivity contribution in [1.29, 1.82) is 0 Å². The van der Waals surface area contributed by atoms with E-state index in [2.05, 4.69) is 21.5 Å². The molecule has 0 saturated carbocycles. The van der Waals surface area contributed by atoms with Crippen molar-refractivity contribution in [3.05, 3.63) is 58.6 Å². The molecule has 11 heteroatoms. The van der Waals surface area contributed by atoms with E-state index in [4.69, 9.17) is 11.6 Å². The standard InChI is InChI=1S/C23H26ClN5O5/c1-4-9-19(32)27-29(28-22(33)15-10-7-6-8-11-15)23(34)16-12-13-17(24)21(25-14(3)30)20(16)26-18(31)5-2/h6-8,10-13H,4-5,9H2,1-3H3,(H,25,30)(H,26,31)(H,27,32)(H,28,33). The zero-order chi connectivity index (χ0) is 25.3. The van der Waals surface area contributed by atoms with E-state index in [-0.39, 0.29) is 40.4 Å². The minimum absolute atomic E-state index is 0.0102. The van der Waals surface area contributed by atoms with Crippen molar-refractivity contribution in [2.45, 2.75) is 40.0 Å². The number of anilines is 2. The zero-order valence-corrected chi connectivity index (χ0v) is 19.8. The van der Waals surface area contributed by atoms with Crippen LogP contribution in [-0.4, -0.2) is 34.7 Å². The van der Waals surface area contributed by atoms with Gasteiger partial charge in [0.05, 0.1) is 22.0 Å². The number of benzene rings is 2. The lowest BCUT2D eigenvalue weighted by molar-refractivity contribution is -0.125. The summed E-state index contributed by atoms with van der Waals surface area (Å²) in [5, 5.41) is 5.79. The Labute approximate surface area is 202 Å². The normalized spacial score (nSPS) is 10.1.